The number of ether oxygens (including phenoxy) is 2. The van der Waals surface area contributed by atoms with Gasteiger partial charge in [0, 0.05) is 26.1 Å². The molecule has 1 atom stereocenters. The molecular weight excluding hydrogens is 220 g/mol. The lowest BCUT2D eigenvalue weighted by atomic mass is 10.1. The number of aliphatic imine (C=N–C) groups is 1. The van der Waals surface area contributed by atoms with Crippen LogP contribution in [0.5, 0.6) is 0 Å². The minimum atomic E-state index is -0.365. The molecule has 1 rings (SSSR count). The Hall–Kier alpha value is -1.10. The maximum Gasteiger partial charge on any atom is 0.407 e. The van der Waals surface area contributed by atoms with Gasteiger partial charge in [0.2, 0.25) is 0 Å². The molecule has 0 aromatic rings. The predicted molar refractivity (Wildman–Crippen MR) is 66.5 cm³/mol. The van der Waals surface area contributed by atoms with Crippen molar-refractivity contribution in [2.24, 2.45) is 10.9 Å². The van der Waals surface area contributed by atoms with Crippen molar-refractivity contribution in [3.8, 4) is 0 Å². The van der Waals surface area contributed by atoms with Crippen LogP contribution in [0.2, 0.25) is 0 Å². The van der Waals surface area contributed by atoms with E-state index >= 15 is 0 Å². The SMILES string of the molecule is CN=CC(NC(=O)OC1CCOCC1)C(C)C. The summed E-state index contributed by atoms with van der Waals surface area (Å²) in [7, 11) is 1.70. The maximum atomic E-state index is 11.7. The highest BCUT2D eigenvalue weighted by Crippen LogP contribution is 2.11. The normalized spacial score (nSPS) is 19.5. The van der Waals surface area contributed by atoms with Crippen LogP contribution >= 0.6 is 0 Å². The quantitative estimate of drug-likeness (QED) is 0.762. The Morgan fingerprint density at radius 2 is 2.12 bits per heavy atom. The molecule has 0 spiro atoms. The number of carbonyl (C=O) groups excluding carboxylic acids is 1. The monoisotopic (exact) mass is 242 g/mol. The Balaban J connectivity index is 2.35. The largest absolute Gasteiger partial charge is 0.446 e. The molecule has 0 aromatic heterocycles. The fourth-order valence-electron chi connectivity index (χ4n) is 1.65. The van der Waals surface area contributed by atoms with Gasteiger partial charge in [0.05, 0.1) is 19.3 Å². The molecule has 1 N–H and O–H groups in total. The Morgan fingerprint density at radius 3 is 2.65 bits per heavy atom. The number of nitrogens with one attached hydrogen (secondary N) is 1. The Bertz CT molecular complexity index is 260. The summed E-state index contributed by atoms with van der Waals surface area (Å²) in [4.78, 5) is 15.6. The van der Waals surface area contributed by atoms with Crippen molar-refractivity contribution >= 4 is 12.3 Å². The lowest BCUT2D eigenvalue weighted by Crippen LogP contribution is -2.42. The average Bonchev–Trinajstić information content (AvgIpc) is 2.29. The molecule has 17 heavy (non-hydrogen) atoms. The first-order chi connectivity index (χ1) is 8.13. The van der Waals surface area contributed by atoms with Gasteiger partial charge in [-0.15, -0.1) is 0 Å². The summed E-state index contributed by atoms with van der Waals surface area (Å²) in [6.45, 7) is 5.39. The lowest BCUT2D eigenvalue weighted by Gasteiger charge is -2.24. The van der Waals surface area contributed by atoms with Crippen molar-refractivity contribution < 1.29 is 14.3 Å². The van der Waals surface area contributed by atoms with Crippen LogP contribution in [0.4, 0.5) is 4.79 Å². The maximum absolute atomic E-state index is 11.7. The first-order valence-corrected chi connectivity index (χ1v) is 6.10. The van der Waals surface area contributed by atoms with E-state index in [2.05, 4.69) is 10.3 Å². The first kappa shape index (κ1) is 14.0. The van der Waals surface area contributed by atoms with Crippen LogP contribution in [-0.2, 0) is 9.47 Å². The summed E-state index contributed by atoms with van der Waals surface area (Å²) in [6.07, 6.45) is 2.91. The van der Waals surface area contributed by atoms with E-state index in [1.165, 1.54) is 0 Å². The molecule has 1 aliphatic rings. The molecule has 1 saturated heterocycles. The second-order valence-electron chi connectivity index (χ2n) is 4.54. The van der Waals surface area contributed by atoms with Crippen LogP contribution in [-0.4, -0.2) is 44.7 Å². The fraction of sp³-hybridized carbons (Fsp3) is 0.833. The number of amides is 1. The molecule has 98 valence electrons. The minimum Gasteiger partial charge on any atom is -0.446 e. The van der Waals surface area contributed by atoms with Gasteiger partial charge < -0.3 is 14.8 Å². The number of rotatable bonds is 4. The van der Waals surface area contributed by atoms with Gasteiger partial charge in [0.1, 0.15) is 6.10 Å². The van der Waals surface area contributed by atoms with E-state index in [-0.39, 0.29) is 18.2 Å². The van der Waals surface area contributed by atoms with Crippen molar-refractivity contribution in [3.63, 3.8) is 0 Å². The van der Waals surface area contributed by atoms with Gasteiger partial charge in [-0.1, -0.05) is 13.8 Å². The van der Waals surface area contributed by atoms with Crippen molar-refractivity contribution in [2.75, 3.05) is 20.3 Å². The first-order valence-electron chi connectivity index (χ1n) is 6.10. The number of alkyl carbamates (subject to hydrolysis) is 1. The summed E-state index contributed by atoms with van der Waals surface area (Å²) in [5.41, 5.74) is 0. The van der Waals surface area contributed by atoms with Gasteiger partial charge in [0.15, 0.2) is 0 Å². The van der Waals surface area contributed by atoms with Crippen LogP contribution < -0.4 is 5.32 Å². The number of hydrogen-bond acceptors (Lipinski definition) is 4. The topological polar surface area (TPSA) is 59.9 Å². The molecule has 0 aliphatic carbocycles. The zero-order chi connectivity index (χ0) is 12.7. The summed E-state index contributed by atoms with van der Waals surface area (Å²) >= 11 is 0. The molecule has 1 unspecified atom stereocenters. The summed E-state index contributed by atoms with van der Waals surface area (Å²) < 4.78 is 10.5. The zero-order valence-corrected chi connectivity index (χ0v) is 10.8. The van der Waals surface area contributed by atoms with E-state index in [9.17, 15) is 4.79 Å². The van der Waals surface area contributed by atoms with Crippen molar-refractivity contribution in [1.29, 1.82) is 0 Å². The standard InChI is InChI=1S/C12H22N2O3/c1-9(2)11(8-13-3)14-12(15)17-10-4-6-16-7-5-10/h8-11H,4-7H2,1-3H3,(H,14,15). The van der Waals surface area contributed by atoms with E-state index < -0.39 is 0 Å². The van der Waals surface area contributed by atoms with Gasteiger partial charge in [-0.05, 0) is 5.92 Å². The third-order valence-electron chi connectivity index (χ3n) is 2.75. The molecule has 0 aromatic carbocycles. The summed E-state index contributed by atoms with van der Waals surface area (Å²) in [5, 5.41) is 2.81. The Labute approximate surface area is 103 Å². The van der Waals surface area contributed by atoms with Crippen molar-refractivity contribution in [3.05, 3.63) is 0 Å². The number of carbonyl (C=O) groups is 1. The highest BCUT2D eigenvalue weighted by atomic mass is 16.6. The number of hydrogen-bond donors (Lipinski definition) is 1. The molecule has 5 heteroatoms. The van der Waals surface area contributed by atoms with Crippen molar-refractivity contribution in [1.82, 2.24) is 5.32 Å². The van der Waals surface area contributed by atoms with E-state index in [0.29, 0.717) is 19.1 Å². The Kier molecular flexibility index (Phi) is 5.97. The second-order valence-corrected chi connectivity index (χ2v) is 4.54. The van der Waals surface area contributed by atoms with Gasteiger partial charge in [-0.3, -0.25) is 4.99 Å². The summed E-state index contributed by atoms with van der Waals surface area (Å²) in [5.74, 6) is 0.293. The third kappa shape index (κ3) is 5.17. The van der Waals surface area contributed by atoms with Gasteiger partial charge >= 0.3 is 6.09 Å². The number of nitrogens with zero attached hydrogens (tertiary/aromatic N) is 1. The third-order valence-corrected chi connectivity index (χ3v) is 2.75. The molecule has 1 heterocycles. The van der Waals surface area contributed by atoms with Crippen LogP contribution in [0.25, 0.3) is 0 Å². The van der Waals surface area contributed by atoms with E-state index in [0.717, 1.165) is 12.8 Å². The summed E-state index contributed by atoms with van der Waals surface area (Å²) in [6, 6.07) is -0.0765. The molecule has 0 saturated carbocycles. The molecule has 0 radical (unpaired) electrons. The second kappa shape index (κ2) is 7.27. The molecule has 1 aliphatic heterocycles. The molecular formula is C12H22N2O3. The van der Waals surface area contributed by atoms with Crippen molar-refractivity contribution in [2.45, 2.75) is 38.8 Å². The van der Waals surface area contributed by atoms with Crippen LogP contribution in [0.15, 0.2) is 4.99 Å². The minimum absolute atomic E-state index is 0.0184. The van der Waals surface area contributed by atoms with Crippen LogP contribution in [0.3, 0.4) is 0 Å². The lowest BCUT2D eigenvalue weighted by molar-refractivity contribution is 0.00103. The van der Waals surface area contributed by atoms with Crippen LogP contribution in [0, 0.1) is 5.92 Å². The zero-order valence-electron chi connectivity index (χ0n) is 10.8. The molecule has 0 bridgehead atoms. The fourth-order valence-corrected chi connectivity index (χ4v) is 1.65. The highest BCUT2D eigenvalue weighted by molar-refractivity contribution is 5.75. The Morgan fingerprint density at radius 1 is 1.47 bits per heavy atom. The average molecular weight is 242 g/mol. The van der Waals surface area contributed by atoms with E-state index in [4.69, 9.17) is 9.47 Å². The van der Waals surface area contributed by atoms with Gasteiger partial charge in [-0.2, -0.15) is 0 Å². The molecule has 1 fully saturated rings. The predicted octanol–water partition coefficient (Wildman–Crippen LogP) is 1.62. The van der Waals surface area contributed by atoms with Gasteiger partial charge in [-0.25, -0.2) is 4.79 Å². The van der Waals surface area contributed by atoms with Gasteiger partial charge in [0.25, 0.3) is 0 Å². The smallest absolute Gasteiger partial charge is 0.407 e. The highest BCUT2D eigenvalue weighted by Gasteiger charge is 2.20. The molecule has 1 amide bonds. The van der Waals surface area contributed by atoms with Crippen LogP contribution in [0.1, 0.15) is 26.7 Å². The van der Waals surface area contributed by atoms with E-state index in [1.807, 2.05) is 13.8 Å². The molecule has 5 nitrogen and oxygen atoms in total. The van der Waals surface area contributed by atoms with E-state index in [1.54, 1.807) is 13.3 Å².